The van der Waals surface area contributed by atoms with E-state index in [-0.39, 0.29) is 6.04 Å². The lowest BCUT2D eigenvalue weighted by Gasteiger charge is -2.20. The molecular formula is C16H18Cl2N2. The number of aromatic nitrogens is 1. The van der Waals surface area contributed by atoms with Crippen molar-refractivity contribution >= 4 is 23.2 Å². The molecule has 1 atom stereocenters. The van der Waals surface area contributed by atoms with Crippen LogP contribution in [-0.2, 0) is 6.42 Å². The van der Waals surface area contributed by atoms with Crippen molar-refractivity contribution in [3.8, 4) is 0 Å². The molecule has 2 nitrogen and oxygen atoms in total. The van der Waals surface area contributed by atoms with Crippen molar-refractivity contribution in [2.24, 2.45) is 0 Å². The topological polar surface area (TPSA) is 24.9 Å². The third-order valence-electron chi connectivity index (χ3n) is 3.19. The van der Waals surface area contributed by atoms with Crippen molar-refractivity contribution in [1.82, 2.24) is 10.3 Å². The Morgan fingerprint density at radius 3 is 2.65 bits per heavy atom. The van der Waals surface area contributed by atoms with Gasteiger partial charge in [0.2, 0.25) is 0 Å². The number of benzene rings is 1. The van der Waals surface area contributed by atoms with Gasteiger partial charge in [-0.3, -0.25) is 4.98 Å². The van der Waals surface area contributed by atoms with Gasteiger partial charge in [-0.1, -0.05) is 48.3 Å². The molecule has 1 N–H and O–H groups in total. The van der Waals surface area contributed by atoms with E-state index < -0.39 is 0 Å². The summed E-state index contributed by atoms with van der Waals surface area (Å²) >= 11 is 12.4. The van der Waals surface area contributed by atoms with E-state index in [2.05, 4.69) is 29.4 Å². The van der Waals surface area contributed by atoms with E-state index in [1.165, 1.54) is 0 Å². The molecule has 0 saturated carbocycles. The SMILES string of the molecule is CCNC(Cc1ccc(C)cn1)c1cccc(Cl)c1Cl. The second kappa shape index (κ2) is 7.07. The van der Waals surface area contributed by atoms with Gasteiger partial charge in [-0.05, 0) is 36.7 Å². The number of nitrogens with zero attached hydrogens (tertiary/aromatic N) is 1. The highest BCUT2D eigenvalue weighted by molar-refractivity contribution is 6.42. The zero-order valence-electron chi connectivity index (χ0n) is 11.7. The van der Waals surface area contributed by atoms with E-state index in [9.17, 15) is 0 Å². The molecule has 0 aliphatic heterocycles. The molecule has 1 aromatic heterocycles. The van der Waals surface area contributed by atoms with E-state index in [0.717, 1.165) is 29.8 Å². The maximum atomic E-state index is 6.32. The van der Waals surface area contributed by atoms with Crippen LogP contribution < -0.4 is 5.32 Å². The Bertz CT molecular complexity index is 567. The quantitative estimate of drug-likeness (QED) is 0.874. The average Bonchev–Trinajstić information content (AvgIpc) is 2.44. The van der Waals surface area contributed by atoms with Gasteiger partial charge in [-0.2, -0.15) is 0 Å². The summed E-state index contributed by atoms with van der Waals surface area (Å²) < 4.78 is 0. The number of nitrogens with one attached hydrogen (secondary N) is 1. The number of halogens is 2. The van der Waals surface area contributed by atoms with Crippen molar-refractivity contribution in [1.29, 1.82) is 0 Å². The second-order valence-electron chi connectivity index (χ2n) is 4.78. The first-order valence-corrected chi connectivity index (χ1v) is 7.46. The van der Waals surface area contributed by atoms with Gasteiger partial charge in [0, 0.05) is 24.4 Å². The molecule has 0 saturated heterocycles. The van der Waals surface area contributed by atoms with Gasteiger partial charge in [-0.25, -0.2) is 0 Å². The molecule has 106 valence electrons. The molecule has 20 heavy (non-hydrogen) atoms. The fraction of sp³-hybridized carbons (Fsp3) is 0.312. The Balaban J connectivity index is 2.26. The zero-order chi connectivity index (χ0) is 14.5. The van der Waals surface area contributed by atoms with Crippen LogP contribution in [0.5, 0.6) is 0 Å². The lowest BCUT2D eigenvalue weighted by Crippen LogP contribution is -2.23. The van der Waals surface area contributed by atoms with Crippen LogP contribution in [0.25, 0.3) is 0 Å². The van der Waals surface area contributed by atoms with E-state index in [4.69, 9.17) is 23.2 Å². The first-order chi connectivity index (χ1) is 9.61. The number of rotatable bonds is 5. The molecule has 1 heterocycles. The maximum Gasteiger partial charge on any atom is 0.0640 e. The Hall–Kier alpha value is -1.09. The summed E-state index contributed by atoms with van der Waals surface area (Å²) in [4.78, 5) is 4.46. The number of pyridine rings is 1. The first kappa shape index (κ1) is 15.3. The van der Waals surface area contributed by atoms with E-state index in [0.29, 0.717) is 10.0 Å². The lowest BCUT2D eigenvalue weighted by atomic mass is 10.0. The predicted molar refractivity (Wildman–Crippen MR) is 85.6 cm³/mol. The highest BCUT2D eigenvalue weighted by Gasteiger charge is 2.16. The summed E-state index contributed by atoms with van der Waals surface area (Å²) in [5, 5.41) is 4.65. The monoisotopic (exact) mass is 308 g/mol. The van der Waals surface area contributed by atoms with Crippen molar-refractivity contribution in [2.45, 2.75) is 26.3 Å². The van der Waals surface area contributed by atoms with Crippen molar-refractivity contribution in [2.75, 3.05) is 6.54 Å². The number of hydrogen-bond donors (Lipinski definition) is 1. The van der Waals surface area contributed by atoms with Crippen LogP contribution in [0.3, 0.4) is 0 Å². The fourth-order valence-electron chi connectivity index (χ4n) is 2.16. The average molecular weight is 309 g/mol. The Labute approximate surface area is 130 Å². The van der Waals surface area contributed by atoms with E-state index in [1.807, 2.05) is 25.3 Å². The third kappa shape index (κ3) is 3.72. The summed E-state index contributed by atoms with van der Waals surface area (Å²) in [7, 11) is 0. The third-order valence-corrected chi connectivity index (χ3v) is 4.03. The summed E-state index contributed by atoms with van der Waals surface area (Å²) in [6, 6.07) is 9.98. The van der Waals surface area contributed by atoms with Crippen molar-refractivity contribution < 1.29 is 0 Å². The van der Waals surface area contributed by atoms with Gasteiger partial charge in [0.25, 0.3) is 0 Å². The minimum absolute atomic E-state index is 0.112. The van der Waals surface area contributed by atoms with Crippen LogP contribution in [0.15, 0.2) is 36.5 Å². The molecule has 1 unspecified atom stereocenters. The van der Waals surface area contributed by atoms with Crippen LogP contribution in [0.1, 0.15) is 29.8 Å². The Kier molecular flexibility index (Phi) is 5.41. The van der Waals surface area contributed by atoms with Crippen LogP contribution in [0.2, 0.25) is 10.0 Å². The van der Waals surface area contributed by atoms with Crippen molar-refractivity contribution in [3.63, 3.8) is 0 Å². The number of aryl methyl sites for hydroxylation is 1. The smallest absolute Gasteiger partial charge is 0.0640 e. The van der Waals surface area contributed by atoms with Crippen LogP contribution in [0, 0.1) is 6.92 Å². The highest BCUT2D eigenvalue weighted by atomic mass is 35.5. The molecule has 2 rings (SSSR count). The predicted octanol–water partition coefficient (Wildman–Crippen LogP) is 4.59. The standard InChI is InChI=1S/C16H18Cl2N2/c1-3-19-15(9-12-8-7-11(2)10-20-12)13-5-4-6-14(17)16(13)18/h4-8,10,15,19H,3,9H2,1-2H3. The van der Waals surface area contributed by atoms with Gasteiger partial charge in [0.1, 0.15) is 0 Å². The van der Waals surface area contributed by atoms with Gasteiger partial charge >= 0.3 is 0 Å². The molecule has 0 bridgehead atoms. The summed E-state index contributed by atoms with van der Waals surface area (Å²) in [6.45, 7) is 4.97. The van der Waals surface area contributed by atoms with Gasteiger partial charge in [0.05, 0.1) is 10.0 Å². The molecular weight excluding hydrogens is 291 g/mol. The van der Waals surface area contributed by atoms with Gasteiger partial charge < -0.3 is 5.32 Å². The van der Waals surface area contributed by atoms with Crippen molar-refractivity contribution in [3.05, 3.63) is 63.4 Å². The molecule has 0 aliphatic carbocycles. The van der Waals surface area contributed by atoms with Gasteiger partial charge in [0.15, 0.2) is 0 Å². The first-order valence-electron chi connectivity index (χ1n) is 6.70. The number of likely N-dealkylation sites (N-methyl/N-ethyl adjacent to an activating group) is 1. The summed E-state index contributed by atoms with van der Waals surface area (Å²) in [5.74, 6) is 0. The van der Waals surface area contributed by atoms with Crippen LogP contribution in [0.4, 0.5) is 0 Å². The molecule has 1 aromatic carbocycles. The Morgan fingerprint density at radius 1 is 1.20 bits per heavy atom. The maximum absolute atomic E-state index is 6.32. The fourth-order valence-corrected chi connectivity index (χ4v) is 2.60. The van der Waals surface area contributed by atoms with Crippen LogP contribution >= 0.6 is 23.2 Å². The molecule has 0 spiro atoms. The molecule has 0 radical (unpaired) electrons. The molecule has 0 amide bonds. The molecule has 2 aromatic rings. The molecule has 0 fully saturated rings. The molecule has 4 heteroatoms. The minimum atomic E-state index is 0.112. The van der Waals surface area contributed by atoms with Crippen LogP contribution in [-0.4, -0.2) is 11.5 Å². The number of hydrogen-bond acceptors (Lipinski definition) is 2. The van der Waals surface area contributed by atoms with E-state index >= 15 is 0 Å². The summed E-state index contributed by atoms with van der Waals surface area (Å²) in [6.07, 6.45) is 2.67. The largest absolute Gasteiger partial charge is 0.310 e. The minimum Gasteiger partial charge on any atom is -0.310 e. The highest BCUT2D eigenvalue weighted by Crippen LogP contribution is 2.31. The molecule has 0 aliphatic rings. The normalized spacial score (nSPS) is 12.4. The summed E-state index contributed by atoms with van der Waals surface area (Å²) in [5.41, 5.74) is 3.22. The second-order valence-corrected chi connectivity index (χ2v) is 5.57. The lowest BCUT2D eigenvalue weighted by molar-refractivity contribution is 0.544. The zero-order valence-corrected chi connectivity index (χ0v) is 13.2. The Morgan fingerprint density at radius 2 is 2.00 bits per heavy atom. The van der Waals surface area contributed by atoms with E-state index in [1.54, 1.807) is 6.07 Å². The van der Waals surface area contributed by atoms with Gasteiger partial charge in [-0.15, -0.1) is 0 Å².